The molecule has 0 aliphatic heterocycles. The highest BCUT2D eigenvalue weighted by molar-refractivity contribution is 9.10. The Morgan fingerprint density at radius 2 is 2.18 bits per heavy atom. The molecule has 0 unspecified atom stereocenters. The minimum atomic E-state index is 0.824. The van der Waals surface area contributed by atoms with Crippen molar-refractivity contribution in [1.82, 2.24) is 10.3 Å². The van der Waals surface area contributed by atoms with Crippen LogP contribution in [-0.4, -0.2) is 11.5 Å². The molecule has 1 aromatic heterocycles. The van der Waals surface area contributed by atoms with Gasteiger partial charge in [-0.1, -0.05) is 19.1 Å². The summed E-state index contributed by atoms with van der Waals surface area (Å²) in [4.78, 5) is 4.51. The number of thiazole rings is 1. The van der Waals surface area contributed by atoms with Crippen LogP contribution in [0.1, 0.15) is 12.6 Å². The van der Waals surface area contributed by atoms with E-state index in [9.17, 15) is 0 Å². The Morgan fingerprint density at radius 1 is 1.35 bits per heavy atom. The molecule has 0 saturated heterocycles. The number of hydrogen-bond acceptors (Lipinski definition) is 4. The number of nitrogens with one attached hydrogen (secondary N) is 2. The Labute approximate surface area is 113 Å². The van der Waals surface area contributed by atoms with Gasteiger partial charge in [0.2, 0.25) is 0 Å². The molecule has 5 heteroatoms. The minimum absolute atomic E-state index is 0.824. The van der Waals surface area contributed by atoms with Gasteiger partial charge in [0.15, 0.2) is 5.13 Å². The molecule has 0 radical (unpaired) electrons. The molecule has 3 nitrogen and oxygen atoms in total. The molecule has 1 heterocycles. The predicted molar refractivity (Wildman–Crippen MR) is 76.9 cm³/mol. The number of hydrogen-bond donors (Lipinski definition) is 2. The number of anilines is 2. The molecule has 90 valence electrons. The molecule has 2 rings (SSSR count). The zero-order chi connectivity index (χ0) is 12.1. The molecule has 17 heavy (non-hydrogen) atoms. The maximum atomic E-state index is 4.51. The fraction of sp³-hybridized carbons (Fsp3) is 0.250. The van der Waals surface area contributed by atoms with Crippen molar-refractivity contribution in [3.8, 4) is 0 Å². The number of halogens is 1. The maximum absolute atomic E-state index is 4.51. The third kappa shape index (κ3) is 3.52. The van der Waals surface area contributed by atoms with Crippen LogP contribution in [0.4, 0.5) is 10.8 Å². The van der Waals surface area contributed by atoms with Crippen LogP contribution in [0.15, 0.2) is 34.1 Å². The van der Waals surface area contributed by atoms with Gasteiger partial charge in [-0.05, 0) is 34.6 Å². The average Bonchev–Trinajstić information content (AvgIpc) is 2.77. The lowest BCUT2D eigenvalue weighted by Gasteiger charge is -2.04. The summed E-state index contributed by atoms with van der Waals surface area (Å²) in [6.45, 7) is 3.88. The highest BCUT2D eigenvalue weighted by Gasteiger charge is 2.03. The second kappa shape index (κ2) is 6.14. The number of nitrogens with zero attached hydrogens (tertiary/aromatic N) is 1. The normalized spacial score (nSPS) is 10.5. The first kappa shape index (κ1) is 12.5. The molecular formula is C12H14BrN3S. The Kier molecular flexibility index (Phi) is 4.53. The van der Waals surface area contributed by atoms with E-state index in [1.165, 1.54) is 0 Å². The van der Waals surface area contributed by atoms with E-state index in [1.807, 2.05) is 24.3 Å². The summed E-state index contributed by atoms with van der Waals surface area (Å²) in [5.74, 6) is 0. The van der Waals surface area contributed by atoms with Gasteiger partial charge in [-0.3, -0.25) is 0 Å². The lowest BCUT2D eigenvalue weighted by molar-refractivity contribution is 0.715. The standard InChI is InChI=1S/C12H14BrN3S/c1-2-14-7-9-8-17-12(15-9)16-11-6-4-3-5-10(11)13/h3-6,8,14H,2,7H2,1H3,(H,15,16). The molecule has 0 saturated carbocycles. The Hall–Kier alpha value is -0.910. The van der Waals surface area contributed by atoms with E-state index < -0.39 is 0 Å². The molecule has 1 aromatic carbocycles. The maximum Gasteiger partial charge on any atom is 0.187 e. The molecule has 0 amide bonds. The van der Waals surface area contributed by atoms with E-state index >= 15 is 0 Å². The van der Waals surface area contributed by atoms with Crippen LogP contribution in [0.2, 0.25) is 0 Å². The summed E-state index contributed by atoms with van der Waals surface area (Å²) in [6, 6.07) is 8.03. The Morgan fingerprint density at radius 3 is 2.94 bits per heavy atom. The fourth-order valence-electron chi connectivity index (χ4n) is 1.38. The third-order valence-electron chi connectivity index (χ3n) is 2.22. The Bertz CT molecular complexity index is 484. The summed E-state index contributed by atoms with van der Waals surface area (Å²) in [6.07, 6.45) is 0. The van der Waals surface area contributed by atoms with E-state index in [-0.39, 0.29) is 0 Å². The van der Waals surface area contributed by atoms with Gasteiger partial charge in [-0.15, -0.1) is 11.3 Å². The summed E-state index contributed by atoms with van der Waals surface area (Å²) in [5, 5.41) is 9.55. The van der Waals surface area contributed by atoms with Crippen LogP contribution in [-0.2, 0) is 6.54 Å². The molecule has 0 atom stereocenters. The monoisotopic (exact) mass is 311 g/mol. The van der Waals surface area contributed by atoms with Crippen LogP contribution < -0.4 is 10.6 Å². The molecule has 0 aliphatic rings. The van der Waals surface area contributed by atoms with Crippen LogP contribution in [0.25, 0.3) is 0 Å². The summed E-state index contributed by atoms with van der Waals surface area (Å²) >= 11 is 5.12. The predicted octanol–water partition coefficient (Wildman–Crippen LogP) is 3.76. The molecule has 2 N–H and O–H groups in total. The topological polar surface area (TPSA) is 37.0 Å². The number of benzene rings is 1. The zero-order valence-electron chi connectivity index (χ0n) is 9.53. The van der Waals surface area contributed by atoms with Crippen molar-refractivity contribution in [2.75, 3.05) is 11.9 Å². The molecule has 0 fully saturated rings. The molecule has 2 aromatic rings. The van der Waals surface area contributed by atoms with Gasteiger partial charge in [0.1, 0.15) is 0 Å². The van der Waals surface area contributed by atoms with E-state index in [4.69, 9.17) is 0 Å². The van der Waals surface area contributed by atoms with Crippen LogP contribution in [0, 0.1) is 0 Å². The van der Waals surface area contributed by atoms with Crippen molar-refractivity contribution in [1.29, 1.82) is 0 Å². The van der Waals surface area contributed by atoms with Gasteiger partial charge in [0.05, 0.1) is 11.4 Å². The van der Waals surface area contributed by atoms with Crippen molar-refractivity contribution in [2.24, 2.45) is 0 Å². The third-order valence-corrected chi connectivity index (χ3v) is 3.72. The van der Waals surface area contributed by atoms with Crippen LogP contribution in [0.5, 0.6) is 0 Å². The van der Waals surface area contributed by atoms with Gasteiger partial charge >= 0.3 is 0 Å². The zero-order valence-corrected chi connectivity index (χ0v) is 11.9. The Balaban J connectivity index is 2.04. The van der Waals surface area contributed by atoms with Crippen molar-refractivity contribution < 1.29 is 0 Å². The molecule has 0 bridgehead atoms. The molecule has 0 spiro atoms. The van der Waals surface area contributed by atoms with Crippen molar-refractivity contribution in [3.63, 3.8) is 0 Å². The first-order valence-corrected chi connectivity index (χ1v) is 7.13. The lowest BCUT2D eigenvalue weighted by atomic mass is 10.3. The lowest BCUT2D eigenvalue weighted by Crippen LogP contribution is -2.11. The SMILES string of the molecule is CCNCc1csc(Nc2ccccc2Br)n1. The van der Waals surface area contributed by atoms with E-state index in [0.717, 1.165) is 34.1 Å². The highest BCUT2D eigenvalue weighted by Crippen LogP contribution is 2.26. The van der Waals surface area contributed by atoms with Gasteiger partial charge < -0.3 is 10.6 Å². The second-order valence-corrected chi connectivity index (χ2v) is 5.24. The van der Waals surface area contributed by atoms with Gasteiger partial charge in [0, 0.05) is 16.4 Å². The van der Waals surface area contributed by atoms with Gasteiger partial charge in [-0.2, -0.15) is 0 Å². The minimum Gasteiger partial charge on any atom is -0.331 e. The molecule has 0 aliphatic carbocycles. The number of para-hydroxylation sites is 1. The van der Waals surface area contributed by atoms with Crippen molar-refractivity contribution >= 4 is 38.1 Å². The van der Waals surface area contributed by atoms with Crippen LogP contribution >= 0.6 is 27.3 Å². The van der Waals surface area contributed by atoms with Gasteiger partial charge in [-0.25, -0.2) is 4.98 Å². The number of aromatic nitrogens is 1. The second-order valence-electron chi connectivity index (χ2n) is 3.53. The summed E-state index contributed by atoms with van der Waals surface area (Å²) < 4.78 is 1.04. The van der Waals surface area contributed by atoms with Crippen LogP contribution in [0.3, 0.4) is 0 Å². The van der Waals surface area contributed by atoms with E-state index in [0.29, 0.717) is 0 Å². The first-order chi connectivity index (χ1) is 8.29. The summed E-state index contributed by atoms with van der Waals surface area (Å²) in [5.41, 5.74) is 2.11. The van der Waals surface area contributed by atoms with E-state index in [1.54, 1.807) is 11.3 Å². The van der Waals surface area contributed by atoms with Crippen molar-refractivity contribution in [3.05, 3.63) is 39.8 Å². The molecular weight excluding hydrogens is 298 g/mol. The first-order valence-electron chi connectivity index (χ1n) is 5.46. The smallest absolute Gasteiger partial charge is 0.187 e. The highest BCUT2D eigenvalue weighted by atomic mass is 79.9. The largest absolute Gasteiger partial charge is 0.331 e. The number of rotatable bonds is 5. The van der Waals surface area contributed by atoms with Crippen molar-refractivity contribution in [2.45, 2.75) is 13.5 Å². The summed E-state index contributed by atoms with van der Waals surface area (Å²) in [7, 11) is 0. The van der Waals surface area contributed by atoms with Gasteiger partial charge in [0.25, 0.3) is 0 Å². The fourth-order valence-corrected chi connectivity index (χ4v) is 2.48. The van der Waals surface area contributed by atoms with E-state index in [2.05, 4.69) is 43.9 Å². The quantitative estimate of drug-likeness (QED) is 0.883. The average molecular weight is 312 g/mol.